The highest BCUT2D eigenvalue weighted by Gasteiger charge is 2.08. The number of nitrogens with zero attached hydrogens (tertiary/aromatic N) is 1. The molecule has 2 N–H and O–H groups in total. The zero-order valence-corrected chi connectivity index (χ0v) is 10.8. The van der Waals surface area contributed by atoms with Gasteiger partial charge in [-0.25, -0.2) is 0 Å². The molecular weight excluding hydrogens is 214 g/mol. The smallest absolute Gasteiger partial charge is 0.121 e. The Kier molecular flexibility index (Phi) is 5.67. The van der Waals surface area contributed by atoms with Crippen LogP contribution in [0.2, 0.25) is 0 Å². The van der Waals surface area contributed by atoms with Crippen LogP contribution in [0.15, 0.2) is 18.2 Å². The fraction of sp³-hybridized carbons (Fsp3) is 0.571. The third kappa shape index (κ3) is 4.55. The van der Waals surface area contributed by atoms with E-state index in [2.05, 4.69) is 18.7 Å². The number of phenolic OH excluding ortho intramolecular Hbond substituents is 2. The van der Waals surface area contributed by atoms with Crippen molar-refractivity contribution < 1.29 is 10.2 Å². The SMILES string of the molecule is CCCCN(CCCC)c1cc(O)cc(O)c1. The molecule has 3 nitrogen and oxygen atoms in total. The normalized spacial score (nSPS) is 10.5. The summed E-state index contributed by atoms with van der Waals surface area (Å²) in [7, 11) is 0. The van der Waals surface area contributed by atoms with Gasteiger partial charge in [-0.15, -0.1) is 0 Å². The van der Waals surface area contributed by atoms with Gasteiger partial charge in [-0.1, -0.05) is 26.7 Å². The van der Waals surface area contributed by atoms with E-state index in [0.29, 0.717) is 0 Å². The Labute approximate surface area is 104 Å². The molecule has 0 saturated carbocycles. The van der Waals surface area contributed by atoms with Crippen molar-refractivity contribution in [2.45, 2.75) is 39.5 Å². The fourth-order valence-electron chi connectivity index (χ4n) is 1.83. The minimum absolute atomic E-state index is 0.123. The molecule has 0 saturated heterocycles. The zero-order chi connectivity index (χ0) is 12.7. The van der Waals surface area contributed by atoms with Crippen LogP contribution in [-0.4, -0.2) is 23.3 Å². The van der Waals surface area contributed by atoms with E-state index in [1.54, 1.807) is 12.1 Å². The highest BCUT2D eigenvalue weighted by atomic mass is 16.3. The molecule has 96 valence electrons. The van der Waals surface area contributed by atoms with Gasteiger partial charge in [-0.05, 0) is 12.8 Å². The molecule has 0 unspecified atom stereocenters. The van der Waals surface area contributed by atoms with E-state index in [1.165, 1.54) is 6.07 Å². The highest BCUT2D eigenvalue weighted by Crippen LogP contribution is 2.27. The number of hydrogen-bond acceptors (Lipinski definition) is 3. The average molecular weight is 237 g/mol. The van der Waals surface area contributed by atoms with E-state index >= 15 is 0 Å². The molecule has 0 aromatic heterocycles. The number of aromatic hydroxyl groups is 2. The van der Waals surface area contributed by atoms with Crippen LogP contribution in [0, 0.1) is 0 Å². The fourth-order valence-corrected chi connectivity index (χ4v) is 1.83. The van der Waals surface area contributed by atoms with Gasteiger partial charge in [0.25, 0.3) is 0 Å². The summed E-state index contributed by atoms with van der Waals surface area (Å²) in [5.74, 6) is 0.246. The summed E-state index contributed by atoms with van der Waals surface area (Å²) < 4.78 is 0. The van der Waals surface area contributed by atoms with E-state index in [-0.39, 0.29) is 11.5 Å². The lowest BCUT2D eigenvalue weighted by Gasteiger charge is -2.25. The number of anilines is 1. The van der Waals surface area contributed by atoms with Crippen molar-refractivity contribution in [1.29, 1.82) is 0 Å². The van der Waals surface area contributed by atoms with Gasteiger partial charge < -0.3 is 15.1 Å². The van der Waals surface area contributed by atoms with Gasteiger partial charge in [0.05, 0.1) is 0 Å². The molecule has 0 radical (unpaired) electrons. The molecule has 0 aliphatic heterocycles. The van der Waals surface area contributed by atoms with Gasteiger partial charge in [0.2, 0.25) is 0 Å². The van der Waals surface area contributed by atoms with Crippen molar-refractivity contribution in [3.8, 4) is 11.5 Å². The Hall–Kier alpha value is -1.38. The summed E-state index contributed by atoms with van der Waals surface area (Å²) in [5, 5.41) is 19.0. The number of unbranched alkanes of at least 4 members (excludes halogenated alkanes) is 2. The van der Waals surface area contributed by atoms with Gasteiger partial charge in [0, 0.05) is 37.0 Å². The van der Waals surface area contributed by atoms with Crippen LogP contribution in [0.4, 0.5) is 5.69 Å². The maximum Gasteiger partial charge on any atom is 0.121 e. The van der Waals surface area contributed by atoms with Crippen molar-refractivity contribution in [2.75, 3.05) is 18.0 Å². The molecule has 1 aromatic carbocycles. The van der Waals surface area contributed by atoms with Gasteiger partial charge >= 0.3 is 0 Å². The van der Waals surface area contributed by atoms with E-state index in [4.69, 9.17) is 0 Å². The number of benzene rings is 1. The Bertz CT molecular complexity index is 311. The minimum atomic E-state index is 0.123. The van der Waals surface area contributed by atoms with E-state index < -0.39 is 0 Å². The minimum Gasteiger partial charge on any atom is -0.508 e. The molecule has 0 bridgehead atoms. The molecular formula is C14H23NO2. The second-order valence-corrected chi connectivity index (χ2v) is 4.40. The van der Waals surface area contributed by atoms with Crippen molar-refractivity contribution in [3.05, 3.63) is 18.2 Å². The van der Waals surface area contributed by atoms with Crippen LogP contribution in [0.5, 0.6) is 11.5 Å². The van der Waals surface area contributed by atoms with Crippen LogP contribution in [0.1, 0.15) is 39.5 Å². The molecule has 3 heteroatoms. The summed E-state index contributed by atoms with van der Waals surface area (Å²) in [6.45, 7) is 6.27. The monoisotopic (exact) mass is 237 g/mol. The van der Waals surface area contributed by atoms with Crippen LogP contribution in [0.3, 0.4) is 0 Å². The topological polar surface area (TPSA) is 43.7 Å². The Morgan fingerprint density at radius 1 is 0.882 bits per heavy atom. The molecule has 0 aliphatic carbocycles. The van der Waals surface area contributed by atoms with Crippen molar-refractivity contribution >= 4 is 5.69 Å². The first kappa shape index (κ1) is 13.7. The van der Waals surface area contributed by atoms with Crippen LogP contribution >= 0.6 is 0 Å². The molecule has 0 heterocycles. The molecule has 0 atom stereocenters. The first-order chi connectivity index (χ1) is 8.17. The lowest BCUT2D eigenvalue weighted by atomic mass is 10.2. The van der Waals surface area contributed by atoms with E-state index in [1.807, 2.05) is 0 Å². The second kappa shape index (κ2) is 7.05. The lowest BCUT2D eigenvalue weighted by Crippen LogP contribution is -2.25. The average Bonchev–Trinajstić information content (AvgIpc) is 2.28. The predicted molar refractivity (Wildman–Crippen MR) is 71.8 cm³/mol. The van der Waals surface area contributed by atoms with Crippen molar-refractivity contribution in [3.63, 3.8) is 0 Å². The number of hydrogen-bond donors (Lipinski definition) is 2. The summed E-state index contributed by atoms with van der Waals surface area (Å²) in [4.78, 5) is 2.23. The molecule has 1 rings (SSSR count). The van der Waals surface area contributed by atoms with Crippen molar-refractivity contribution in [2.24, 2.45) is 0 Å². The van der Waals surface area contributed by atoms with Gasteiger partial charge in [0.15, 0.2) is 0 Å². The van der Waals surface area contributed by atoms with Crippen LogP contribution < -0.4 is 4.90 Å². The maximum absolute atomic E-state index is 9.51. The lowest BCUT2D eigenvalue weighted by molar-refractivity contribution is 0.450. The van der Waals surface area contributed by atoms with Crippen LogP contribution in [0.25, 0.3) is 0 Å². The number of phenols is 2. The van der Waals surface area contributed by atoms with Gasteiger partial charge in [-0.3, -0.25) is 0 Å². The predicted octanol–water partition coefficient (Wildman–Crippen LogP) is 3.50. The summed E-state index contributed by atoms with van der Waals surface area (Å²) >= 11 is 0. The summed E-state index contributed by atoms with van der Waals surface area (Å²) in [6.07, 6.45) is 4.54. The Morgan fingerprint density at radius 2 is 1.35 bits per heavy atom. The van der Waals surface area contributed by atoms with Crippen LogP contribution in [-0.2, 0) is 0 Å². The van der Waals surface area contributed by atoms with E-state index in [0.717, 1.165) is 44.5 Å². The zero-order valence-electron chi connectivity index (χ0n) is 10.8. The standard InChI is InChI=1S/C14H23NO2/c1-3-5-7-15(8-6-4-2)12-9-13(16)11-14(17)10-12/h9-11,16-17H,3-8H2,1-2H3. The highest BCUT2D eigenvalue weighted by molar-refractivity contribution is 5.54. The Morgan fingerprint density at radius 3 is 1.76 bits per heavy atom. The second-order valence-electron chi connectivity index (χ2n) is 4.40. The molecule has 17 heavy (non-hydrogen) atoms. The molecule has 0 aliphatic rings. The largest absolute Gasteiger partial charge is 0.508 e. The first-order valence-electron chi connectivity index (χ1n) is 6.45. The van der Waals surface area contributed by atoms with E-state index in [9.17, 15) is 10.2 Å². The third-order valence-electron chi connectivity index (χ3n) is 2.82. The summed E-state index contributed by atoms with van der Waals surface area (Å²) in [5.41, 5.74) is 0.907. The maximum atomic E-state index is 9.51. The van der Waals surface area contributed by atoms with Crippen molar-refractivity contribution in [1.82, 2.24) is 0 Å². The molecule has 0 fully saturated rings. The first-order valence-corrected chi connectivity index (χ1v) is 6.45. The van der Waals surface area contributed by atoms with Gasteiger partial charge in [0.1, 0.15) is 11.5 Å². The number of rotatable bonds is 7. The Balaban J connectivity index is 2.78. The molecule has 0 spiro atoms. The molecule has 0 amide bonds. The quantitative estimate of drug-likeness (QED) is 0.762. The van der Waals surface area contributed by atoms with Gasteiger partial charge in [-0.2, -0.15) is 0 Å². The molecule has 1 aromatic rings. The summed E-state index contributed by atoms with van der Waals surface area (Å²) in [6, 6.07) is 4.79. The third-order valence-corrected chi connectivity index (χ3v) is 2.82.